The fourth-order valence-corrected chi connectivity index (χ4v) is 3.02. The lowest BCUT2D eigenvalue weighted by molar-refractivity contribution is 0.124. The van der Waals surface area contributed by atoms with Crippen LogP contribution in [-0.4, -0.2) is 24.0 Å². The number of hydrogen-bond acceptors (Lipinski definition) is 2. The minimum Gasteiger partial charge on any atom is -0.327 e. The molecule has 0 spiro atoms. The third-order valence-corrected chi connectivity index (χ3v) is 4.81. The Morgan fingerprint density at radius 1 is 1.20 bits per heavy atom. The molecule has 1 fully saturated rings. The molecule has 0 aliphatic carbocycles. The Labute approximate surface area is 124 Å². The zero-order valence-corrected chi connectivity index (χ0v) is 13.7. The lowest BCUT2D eigenvalue weighted by Crippen LogP contribution is -2.46. The smallest absolute Gasteiger partial charge is 0.0320 e. The summed E-state index contributed by atoms with van der Waals surface area (Å²) in [5, 5.41) is 0. The second kappa shape index (κ2) is 5.87. The zero-order valence-electron chi connectivity index (χ0n) is 13.7. The summed E-state index contributed by atoms with van der Waals surface area (Å²) in [7, 11) is 0. The molecule has 3 atom stereocenters. The molecular formula is C18H30N2. The van der Waals surface area contributed by atoms with Crippen molar-refractivity contribution in [2.45, 2.75) is 58.5 Å². The molecule has 2 rings (SSSR count). The van der Waals surface area contributed by atoms with Crippen LogP contribution in [0.3, 0.4) is 0 Å². The predicted molar refractivity (Wildman–Crippen MR) is 86.9 cm³/mol. The van der Waals surface area contributed by atoms with Crippen LogP contribution >= 0.6 is 0 Å². The molecule has 1 aromatic rings. The van der Waals surface area contributed by atoms with E-state index in [0.717, 1.165) is 19.5 Å². The van der Waals surface area contributed by atoms with E-state index in [1.54, 1.807) is 0 Å². The molecule has 1 heterocycles. The molecule has 3 unspecified atom stereocenters. The summed E-state index contributed by atoms with van der Waals surface area (Å²) >= 11 is 0. The van der Waals surface area contributed by atoms with Crippen LogP contribution in [0.1, 0.15) is 58.2 Å². The molecule has 1 aliphatic heterocycles. The van der Waals surface area contributed by atoms with Crippen LogP contribution in [0.25, 0.3) is 0 Å². The number of likely N-dealkylation sites (tertiary alicyclic amines) is 1. The van der Waals surface area contributed by atoms with E-state index in [-0.39, 0.29) is 5.41 Å². The Kier molecular flexibility index (Phi) is 4.55. The highest BCUT2D eigenvalue weighted by atomic mass is 15.2. The monoisotopic (exact) mass is 274 g/mol. The summed E-state index contributed by atoms with van der Waals surface area (Å²) in [5.74, 6) is 0.597. The van der Waals surface area contributed by atoms with Crippen LogP contribution in [0.2, 0.25) is 0 Å². The third-order valence-electron chi connectivity index (χ3n) is 4.81. The topological polar surface area (TPSA) is 29.3 Å². The van der Waals surface area contributed by atoms with Gasteiger partial charge < -0.3 is 5.73 Å². The lowest BCUT2D eigenvalue weighted by Gasteiger charge is -2.39. The molecular weight excluding hydrogens is 244 g/mol. The first-order chi connectivity index (χ1) is 9.29. The molecule has 112 valence electrons. The van der Waals surface area contributed by atoms with Gasteiger partial charge in [0, 0.05) is 25.2 Å². The molecule has 1 aromatic carbocycles. The van der Waals surface area contributed by atoms with Gasteiger partial charge in [0.2, 0.25) is 0 Å². The Bertz CT molecular complexity index is 430. The van der Waals surface area contributed by atoms with Crippen molar-refractivity contribution in [3.63, 3.8) is 0 Å². The van der Waals surface area contributed by atoms with Crippen LogP contribution in [0, 0.1) is 5.92 Å². The van der Waals surface area contributed by atoms with Gasteiger partial charge in [0.1, 0.15) is 0 Å². The SMILES string of the molecule is CC1CN(C(C)c2ccc(C(C)(C)C)cc2)CCC1N. The molecule has 0 bridgehead atoms. The van der Waals surface area contributed by atoms with E-state index in [1.807, 2.05) is 0 Å². The number of nitrogens with zero attached hydrogens (tertiary/aromatic N) is 1. The van der Waals surface area contributed by atoms with Gasteiger partial charge in [0.05, 0.1) is 0 Å². The van der Waals surface area contributed by atoms with Gasteiger partial charge in [-0.3, -0.25) is 4.90 Å². The van der Waals surface area contributed by atoms with Crippen molar-refractivity contribution in [3.8, 4) is 0 Å². The molecule has 0 amide bonds. The van der Waals surface area contributed by atoms with E-state index >= 15 is 0 Å². The number of piperidine rings is 1. The first-order valence-electron chi connectivity index (χ1n) is 7.89. The Hall–Kier alpha value is -0.860. The van der Waals surface area contributed by atoms with Crippen LogP contribution in [-0.2, 0) is 5.41 Å². The third kappa shape index (κ3) is 3.42. The number of nitrogens with two attached hydrogens (primary N) is 1. The number of hydrogen-bond donors (Lipinski definition) is 1. The molecule has 2 nitrogen and oxygen atoms in total. The van der Waals surface area contributed by atoms with Gasteiger partial charge in [0.25, 0.3) is 0 Å². The second-order valence-corrected chi connectivity index (χ2v) is 7.47. The number of benzene rings is 1. The van der Waals surface area contributed by atoms with Gasteiger partial charge in [0.15, 0.2) is 0 Å². The standard InChI is InChI=1S/C18H30N2/c1-13-12-20(11-10-17(13)19)14(2)15-6-8-16(9-7-15)18(3,4)5/h6-9,13-14,17H,10-12,19H2,1-5H3. The van der Waals surface area contributed by atoms with Crippen LogP contribution in [0.15, 0.2) is 24.3 Å². The predicted octanol–water partition coefficient (Wildman–Crippen LogP) is 3.71. The van der Waals surface area contributed by atoms with Crippen molar-refractivity contribution in [3.05, 3.63) is 35.4 Å². The van der Waals surface area contributed by atoms with Crippen molar-refractivity contribution < 1.29 is 0 Å². The van der Waals surface area contributed by atoms with Crippen LogP contribution in [0.4, 0.5) is 0 Å². The lowest BCUT2D eigenvalue weighted by atomic mass is 9.86. The van der Waals surface area contributed by atoms with E-state index in [1.165, 1.54) is 11.1 Å². The van der Waals surface area contributed by atoms with Crippen molar-refractivity contribution >= 4 is 0 Å². The first-order valence-corrected chi connectivity index (χ1v) is 7.89. The molecule has 1 saturated heterocycles. The largest absolute Gasteiger partial charge is 0.327 e. The molecule has 2 N–H and O–H groups in total. The Morgan fingerprint density at radius 2 is 1.80 bits per heavy atom. The summed E-state index contributed by atoms with van der Waals surface area (Å²) in [6.45, 7) is 13.6. The van der Waals surface area contributed by atoms with Gasteiger partial charge >= 0.3 is 0 Å². The van der Waals surface area contributed by atoms with E-state index in [4.69, 9.17) is 5.73 Å². The van der Waals surface area contributed by atoms with Gasteiger partial charge in [-0.25, -0.2) is 0 Å². The van der Waals surface area contributed by atoms with Crippen molar-refractivity contribution in [2.75, 3.05) is 13.1 Å². The summed E-state index contributed by atoms with van der Waals surface area (Å²) in [6, 6.07) is 10.0. The van der Waals surface area contributed by atoms with E-state index < -0.39 is 0 Å². The fourth-order valence-electron chi connectivity index (χ4n) is 3.02. The fraction of sp³-hybridized carbons (Fsp3) is 0.667. The van der Waals surface area contributed by atoms with Crippen LogP contribution in [0.5, 0.6) is 0 Å². The highest BCUT2D eigenvalue weighted by molar-refractivity contribution is 5.29. The molecule has 0 radical (unpaired) electrons. The molecule has 0 saturated carbocycles. The normalized spacial score (nSPS) is 26.5. The van der Waals surface area contributed by atoms with E-state index in [9.17, 15) is 0 Å². The molecule has 0 aromatic heterocycles. The summed E-state index contributed by atoms with van der Waals surface area (Å²) in [4.78, 5) is 2.57. The second-order valence-electron chi connectivity index (χ2n) is 7.47. The van der Waals surface area contributed by atoms with E-state index in [0.29, 0.717) is 18.0 Å². The Balaban J connectivity index is 2.08. The highest BCUT2D eigenvalue weighted by Crippen LogP contribution is 2.28. The van der Waals surface area contributed by atoms with E-state index in [2.05, 4.69) is 63.8 Å². The van der Waals surface area contributed by atoms with Crippen LogP contribution < -0.4 is 5.73 Å². The maximum absolute atomic E-state index is 6.12. The minimum atomic E-state index is 0.230. The first kappa shape index (κ1) is 15.5. The van der Waals surface area contributed by atoms with Crippen molar-refractivity contribution in [1.82, 2.24) is 4.90 Å². The maximum Gasteiger partial charge on any atom is 0.0320 e. The average molecular weight is 274 g/mol. The highest BCUT2D eigenvalue weighted by Gasteiger charge is 2.26. The van der Waals surface area contributed by atoms with Gasteiger partial charge in [-0.15, -0.1) is 0 Å². The quantitative estimate of drug-likeness (QED) is 0.890. The minimum absolute atomic E-state index is 0.230. The molecule has 1 aliphatic rings. The molecule has 2 heteroatoms. The van der Waals surface area contributed by atoms with Gasteiger partial charge in [-0.05, 0) is 35.8 Å². The average Bonchev–Trinajstić information content (AvgIpc) is 2.40. The summed E-state index contributed by atoms with van der Waals surface area (Å²) < 4.78 is 0. The van der Waals surface area contributed by atoms with Gasteiger partial charge in [-0.2, -0.15) is 0 Å². The number of rotatable bonds is 2. The molecule has 20 heavy (non-hydrogen) atoms. The van der Waals surface area contributed by atoms with Gasteiger partial charge in [-0.1, -0.05) is 52.0 Å². The summed E-state index contributed by atoms with van der Waals surface area (Å²) in [6.07, 6.45) is 1.12. The Morgan fingerprint density at radius 3 is 2.30 bits per heavy atom. The zero-order chi connectivity index (χ0) is 14.9. The van der Waals surface area contributed by atoms with Crippen molar-refractivity contribution in [1.29, 1.82) is 0 Å². The van der Waals surface area contributed by atoms with Crippen molar-refractivity contribution in [2.24, 2.45) is 11.7 Å². The summed E-state index contributed by atoms with van der Waals surface area (Å²) in [5.41, 5.74) is 9.17. The maximum atomic E-state index is 6.12.